The van der Waals surface area contributed by atoms with Gasteiger partial charge in [0.15, 0.2) is 0 Å². The van der Waals surface area contributed by atoms with Crippen molar-refractivity contribution in [1.82, 2.24) is 0 Å². The van der Waals surface area contributed by atoms with Crippen molar-refractivity contribution in [3.63, 3.8) is 0 Å². The number of ether oxygens (including phenoxy) is 1. The molecule has 2 unspecified atom stereocenters. The zero-order chi connectivity index (χ0) is 12.7. The van der Waals surface area contributed by atoms with Crippen LogP contribution in [0.2, 0.25) is 0 Å². The Kier molecular flexibility index (Phi) is 6.56. The number of unbranched alkanes of at least 4 members (excludes halogenated alkanes) is 1. The minimum atomic E-state index is -0.397. The standard InChI is InChI=1S/C14H27NO2/c1-3-5-6-11(4-2)10-17-14(16)13(15)9-12-7-8-12/h11-13H,3-10,15H2,1-2H3. The van der Waals surface area contributed by atoms with E-state index in [1.807, 2.05) is 0 Å². The molecule has 0 saturated heterocycles. The van der Waals surface area contributed by atoms with Crippen LogP contribution in [0, 0.1) is 11.8 Å². The Hall–Kier alpha value is -0.570. The molecule has 1 aliphatic carbocycles. The molecule has 0 bridgehead atoms. The van der Waals surface area contributed by atoms with Gasteiger partial charge in [-0.2, -0.15) is 0 Å². The van der Waals surface area contributed by atoms with E-state index in [-0.39, 0.29) is 5.97 Å². The van der Waals surface area contributed by atoms with Crippen molar-refractivity contribution >= 4 is 5.97 Å². The Labute approximate surface area is 105 Å². The van der Waals surface area contributed by atoms with Crippen molar-refractivity contribution in [2.24, 2.45) is 17.6 Å². The highest BCUT2D eigenvalue weighted by Gasteiger charge is 2.28. The first-order valence-electron chi connectivity index (χ1n) is 7.09. The van der Waals surface area contributed by atoms with Gasteiger partial charge in [0.05, 0.1) is 6.61 Å². The minimum Gasteiger partial charge on any atom is -0.464 e. The summed E-state index contributed by atoms with van der Waals surface area (Å²) in [6.45, 7) is 4.89. The van der Waals surface area contributed by atoms with Gasteiger partial charge < -0.3 is 10.5 Å². The van der Waals surface area contributed by atoms with Gasteiger partial charge in [-0.05, 0) is 24.7 Å². The summed E-state index contributed by atoms with van der Waals surface area (Å²) in [5.41, 5.74) is 5.81. The molecular formula is C14H27NO2. The SMILES string of the molecule is CCCCC(CC)COC(=O)C(N)CC1CC1. The molecule has 0 aromatic heterocycles. The van der Waals surface area contributed by atoms with Crippen LogP contribution in [0.5, 0.6) is 0 Å². The van der Waals surface area contributed by atoms with Gasteiger partial charge in [-0.25, -0.2) is 0 Å². The van der Waals surface area contributed by atoms with Gasteiger partial charge in [0.2, 0.25) is 0 Å². The molecule has 0 amide bonds. The van der Waals surface area contributed by atoms with Crippen molar-refractivity contribution < 1.29 is 9.53 Å². The van der Waals surface area contributed by atoms with E-state index in [9.17, 15) is 4.79 Å². The maximum atomic E-state index is 11.7. The summed E-state index contributed by atoms with van der Waals surface area (Å²) in [6.07, 6.45) is 7.91. The number of rotatable bonds is 9. The lowest BCUT2D eigenvalue weighted by atomic mass is 10.0. The van der Waals surface area contributed by atoms with Crippen LogP contribution in [0.3, 0.4) is 0 Å². The van der Waals surface area contributed by atoms with Gasteiger partial charge >= 0.3 is 5.97 Å². The molecule has 0 spiro atoms. The molecule has 3 heteroatoms. The average molecular weight is 241 g/mol. The van der Waals surface area contributed by atoms with Gasteiger partial charge in [0.25, 0.3) is 0 Å². The molecular weight excluding hydrogens is 214 g/mol. The zero-order valence-electron chi connectivity index (χ0n) is 11.3. The van der Waals surface area contributed by atoms with Crippen molar-refractivity contribution in [2.45, 2.75) is 64.8 Å². The number of carbonyl (C=O) groups is 1. The molecule has 1 fully saturated rings. The smallest absolute Gasteiger partial charge is 0.322 e. The van der Waals surface area contributed by atoms with Crippen LogP contribution in [-0.2, 0) is 9.53 Å². The highest BCUT2D eigenvalue weighted by molar-refractivity contribution is 5.75. The Balaban J connectivity index is 2.15. The predicted molar refractivity (Wildman–Crippen MR) is 69.6 cm³/mol. The molecule has 1 saturated carbocycles. The molecule has 1 rings (SSSR count). The van der Waals surface area contributed by atoms with Gasteiger partial charge in [-0.1, -0.05) is 46.0 Å². The van der Waals surface area contributed by atoms with Gasteiger partial charge in [-0.3, -0.25) is 4.79 Å². The second-order valence-corrected chi connectivity index (χ2v) is 5.33. The molecule has 0 radical (unpaired) electrons. The Morgan fingerprint density at radius 2 is 2.12 bits per heavy atom. The topological polar surface area (TPSA) is 52.3 Å². The first-order valence-corrected chi connectivity index (χ1v) is 7.09. The Morgan fingerprint density at radius 1 is 1.41 bits per heavy atom. The van der Waals surface area contributed by atoms with Gasteiger partial charge in [0, 0.05) is 0 Å². The lowest BCUT2D eigenvalue weighted by molar-refractivity contribution is -0.147. The maximum absolute atomic E-state index is 11.7. The lowest BCUT2D eigenvalue weighted by Crippen LogP contribution is -2.33. The van der Waals surface area contributed by atoms with Crippen LogP contribution in [-0.4, -0.2) is 18.6 Å². The van der Waals surface area contributed by atoms with Crippen LogP contribution < -0.4 is 5.73 Å². The van der Waals surface area contributed by atoms with Crippen LogP contribution in [0.4, 0.5) is 0 Å². The predicted octanol–water partition coefficient (Wildman–Crippen LogP) is 2.87. The summed E-state index contributed by atoms with van der Waals surface area (Å²) in [7, 11) is 0. The van der Waals surface area contributed by atoms with Gasteiger partial charge in [-0.15, -0.1) is 0 Å². The highest BCUT2D eigenvalue weighted by Crippen LogP contribution is 2.33. The fourth-order valence-corrected chi connectivity index (χ4v) is 2.01. The fourth-order valence-electron chi connectivity index (χ4n) is 2.01. The fraction of sp³-hybridized carbons (Fsp3) is 0.929. The third-order valence-electron chi connectivity index (χ3n) is 3.59. The molecule has 2 atom stereocenters. The third kappa shape index (κ3) is 6.06. The summed E-state index contributed by atoms with van der Waals surface area (Å²) in [4.78, 5) is 11.7. The van der Waals surface area contributed by atoms with Gasteiger partial charge in [0.1, 0.15) is 6.04 Å². The quantitative estimate of drug-likeness (QED) is 0.631. The molecule has 0 aromatic carbocycles. The molecule has 0 aromatic rings. The number of nitrogens with two attached hydrogens (primary N) is 1. The van der Waals surface area contributed by atoms with E-state index >= 15 is 0 Å². The molecule has 0 heterocycles. The van der Waals surface area contributed by atoms with Crippen LogP contribution in [0.15, 0.2) is 0 Å². The largest absolute Gasteiger partial charge is 0.464 e. The van der Waals surface area contributed by atoms with Crippen molar-refractivity contribution in [3.8, 4) is 0 Å². The van der Waals surface area contributed by atoms with E-state index < -0.39 is 6.04 Å². The second-order valence-electron chi connectivity index (χ2n) is 5.33. The molecule has 1 aliphatic rings. The Morgan fingerprint density at radius 3 is 2.65 bits per heavy atom. The number of esters is 1. The minimum absolute atomic E-state index is 0.202. The zero-order valence-corrected chi connectivity index (χ0v) is 11.3. The summed E-state index contributed by atoms with van der Waals surface area (Å²) in [5.74, 6) is 0.985. The normalized spacial score (nSPS) is 18.8. The van der Waals surface area contributed by atoms with Crippen molar-refractivity contribution in [1.29, 1.82) is 0 Å². The summed E-state index contributed by atoms with van der Waals surface area (Å²) < 4.78 is 5.32. The van der Waals surface area contributed by atoms with Crippen molar-refractivity contribution in [3.05, 3.63) is 0 Å². The maximum Gasteiger partial charge on any atom is 0.322 e. The van der Waals surface area contributed by atoms with E-state index in [4.69, 9.17) is 10.5 Å². The molecule has 0 aliphatic heterocycles. The summed E-state index contributed by atoms with van der Waals surface area (Å²) in [5, 5.41) is 0. The van der Waals surface area contributed by atoms with Crippen LogP contribution >= 0.6 is 0 Å². The van der Waals surface area contributed by atoms with E-state index in [1.165, 1.54) is 25.7 Å². The number of hydrogen-bond acceptors (Lipinski definition) is 3. The lowest BCUT2D eigenvalue weighted by Gasteiger charge is -2.16. The molecule has 100 valence electrons. The number of carbonyl (C=O) groups excluding carboxylic acids is 1. The van der Waals surface area contributed by atoms with E-state index in [0.29, 0.717) is 18.4 Å². The first-order chi connectivity index (χ1) is 8.17. The van der Waals surface area contributed by atoms with Crippen molar-refractivity contribution in [2.75, 3.05) is 6.61 Å². The Bertz CT molecular complexity index is 226. The highest BCUT2D eigenvalue weighted by atomic mass is 16.5. The van der Waals surface area contributed by atoms with Crippen LogP contribution in [0.1, 0.15) is 58.8 Å². The van der Waals surface area contributed by atoms with E-state index in [1.54, 1.807) is 0 Å². The monoisotopic (exact) mass is 241 g/mol. The van der Waals surface area contributed by atoms with Crippen LogP contribution in [0.25, 0.3) is 0 Å². The second kappa shape index (κ2) is 7.70. The van der Waals surface area contributed by atoms with E-state index in [2.05, 4.69) is 13.8 Å². The summed E-state index contributed by atoms with van der Waals surface area (Å²) in [6, 6.07) is -0.397. The molecule has 2 N–H and O–H groups in total. The molecule has 3 nitrogen and oxygen atoms in total. The van der Waals surface area contributed by atoms with E-state index in [0.717, 1.165) is 19.3 Å². The number of hydrogen-bond donors (Lipinski definition) is 1. The molecule has 17 heavy (non-hydrogen) atoms. The average Bonchev–Trinajstić information content (AvgIpc) is 3.12. The first kappa shape index (κ1) is 14.5. The summed E-state index contributed by atoms with van der Waals surface area (Å²) >= 11 is 0. The third-order valence-corrected chi connectivity index (χ3v) is 3.59.